The van der Waals surface area contributed by atoms with Gasteiger partial charge in [0.1, 0.15) is 23.0 Å². The zero-order valence-electron chi connectivity index (χ0n) is 10.7. The van der Waals surface area contributed by atoms with Gasteiger partial charge in [-0.25, -0.2) is 0 Å². The summed E-state index contributed by atoms with van der Waals surface area (Å²) < 4.78 is 10.5. The van der Waals surface area contributed by atoms with E-state index in [-0.39, 0.29) is 28.4 Å². The van der Waals surface area contributed by atoms with Gasteiger partial charge in [0.05, 0.1) is 18.1 Å². The van der Waals surface area contributed by atoms with Gasteiger partial charge in [-0.2, -0.15) is 0 Å². The van der Waals surface area contributed by atoms with Gasteiger partial charge in [0, 0.05) is 17.0 Å². The van der Waals surface area contributed by atoms with E-state index in [0.29, 0.717) is 22.3 Å². The summed E-state index contributed by atoms with van der Waals surface area (Å²) >= 11 is 0. The zero-order valence-corrected chi connectivity index (χ0v) is 10.7. The third-order valence-corrected chi connectivity index (χ3v) is 3.48. The lowest BCUT2D eigenvalue weighted by molar-refractivity contribution is 0.0954. The minimum atomic E-state index is -0.415. The number of furan rings is 1. The van der Waals surface area contributed by atoms with Crippen molar-refractivity contribution in [1.82, 2.24) is 0 Å². The fourth-order valence-electron chi connectivity index (χ4n) is 2.49. The van der Waals surface area contributed by atoms with Crippen molar-refractivity contribution in [3.8, 4) is 11.5 Å². The summed E-state index contributed by atoms with van der Waals surface area (Å²) in [6.07, 6.45) is 1.47. The molecule has 5 heteroatoms. The first kappa shape index (κ1) is 11.6. The third kappa shape index (κ3) is 1.27. The van der Waals surface area contributed by atoms with E-state index in [0.717, 1.165) is 0 Å². The molecule has 1 aliphatic carbocycles. The Morgan fingerprint density at radius 3 is 2.47 bits per heavy atom. The van der Waals surface area contributed by atoms with Crippen LogP contribution in [0.3, 0.4) is 0 Å². The number of rotatable bonds is 1. The molecule has 5 nitrogen and oxygen atoms in total. The molecule has 19 heavy (non-hydrogen) atoms. The molecule has 0 saturated carbocycles. The van der Waals surface area contributed by atoms with E-state index in [1.807, 2.05) is 0 Å². The zero-order chi connectivity index (χ0) is 13.9. The molecule has 0 fully saturated rings. The summed E-state index contributed by atoms with van der Waals surface area (Å²) in [5.74, 6) is 0.285. The molecular formula is C14H12O5. The van der Waals surface area contributed by atoms with Gasteiger partial charge in [0.2, 0.25) is 5.78 Å². The number of hydrogen-bond acceptors (Lipinski definition) is 5. The molecule has 1 aromatic heterocycles. The van der Waals surface area contributed by atoms with Crippen molar-refractivity contribution in [3.63, 3.8) is 0 Å². The Morgan fingerprint density at radius 2 is 1.84 bits per heavy atom. The topological polar surface area (TPSA) is 79.9 Å². The van der Waals surface area contributed by atoms with Gasteiger partial charge in [-0.15, -0.1) is 0 Å². The lowest BCUT2D eigenvalue weighted by atomic mass is 9.92. The molecule has 98 valence electrons. The summed E-state index contributed by atoms with van der Waals surface area (Å²) in [6, 6.07) is 0. The van der Waals surface area contributed by atoms with Crippen molar-refractivity contribution in [2.75, 3.05) is 7.11 Å². The predicted octanol–water partition coefficient (Wildman–Crippen LogP) is 2.64. The summed E-state index contributed by atoms with van der Waals surface area (Å²) in [7, 11) is 1.38. The van der Waals surface area contributed by atoms with Gasteiger partial charge < -0.3 is 19.4 Å². The van der Waals surface area contributed by atoms with E-state index in [4.69, 9.17) is 9.15 Å². The number of phenolic OH excluding ortho intramolecular Hbond substituents is 2. The van der Waals surface area contributed by atoms with Gasteiger partial charge in [0.25, 0.3) is 0 Å². The van der Waals surface area contributed by atoms with E-state index < -0.39 is 5.78 Å². The number of benzene rings is 1. The monoisotopic (exact) mass is 260 g/mol. The quantitative estimate of drug-likeness (QED) is 0.823. The van der Waals surface area contributed by atoms with Crippen LogP contribution < -0.4 is 0 Å². The third-order valence-electron chi connectivity index (χ3n) is 3.48. The largest absolute Gasteiger partial charge is 0.507 e. The molecule has 0 bridgehead atoms. The highest BCUT2D eigenvalue weighted by Crippen LogP contribution is 2.46. The first-order valence-corrected chi connectivity index (χ1v) is 5.75. The Morgan fingerprint density at radius 1 is 1.16 bits per heavy atom. The van der Waals surface area contributed by atoms with Crippen LogP contribution in [0.25, 0.3) is 16.8 Å². The number of Topliss-reactive ketones (excluding diaryl/α,β-unsaturated/α-hetero) is 1. The minimum Gasteiger partial charge on any atom is -0.507 e. The van der Waals surface area contributed by atoms with Crippen LogP contribution >= 0.6 is 0 Å². The minimum absolute atomic E-state index is 0.0641. The van der Waals surface area contributed by atoms with Crippen molar-refractivity contribution in [2.24, 2.45) is 0 Å². The Balaban J connectivity index is 2.57. The van der Waals surface area contributed by atoms with E-state index in [9.17, 15) is 15.0 Å². The number of phenols is 2. The number of ketones is 1. The van der Waals surface area contributed by atoms with Gasteiger partial charge in [0.15, 0.2) is 5.76 Å². The first-order valence-electron chi connectivity index (χ1n) is 5.75. The van der Waals surface area contributed by atoms with Gasteiger partial charge in [-0.05, 0) is 13.8 Å². The molecule has 2 aromatic rings. The maximum atomic E-state index is 12.3. The van der Waals surface area contributed by atoms with E-state index >= 15 is 0 Å². The Labute approximate surface area is 108 Å². The van der Waals surface area contributed by atoms with E-state index in [1.165, 1.54) is 13.2 Å². The molecule has 0 aliphatic heterocycles. The first-order chi connectivity index (χ1) is 8.97. The summed E-state index contributed by atoms with van der Waals surface area (Å²) in [5.41, 5.74) is 0.375. The number of aryl methyl sites for hydroxylation is 1. The Hall–Kier alpha value is -2.43. The lowest BCUT2D eigenvalue weighted by Crippen LogP contribution is -2.10. The molecule has 0 amide bonds. The van der Waals surface area contributed by atoms with Crippen molar-refractivity contribution in [2.45, 2.75) is 13.8 Å². The average Bonchev–Trinajstić information content (AvgIpc) is 2.70. The molecular weight excluding hydrogens is 248 g/mol. The highest BCUT2D eigenvalue weighted by molar-refractivity contribution is 6.24. The van der Waals surface area contributed by atoms with E-state index in [2.05, 4.69) is 0 Å². The van der Waals surface area contributed by atoms with Crippen LogP contribution in [0.4, 0.5) is 0 Å². The van der Waals surface area contributed by atoms with Crippen LogP contribution in [0.15, 0.2) is 10.2 Å². The van der Waals surface area contributed by atoms with Crippen LogP contribution in [-0.2, 0) is 4.74 Å². The number of carbonyl (C=O) groups is 1. The van der Waals surface area contributed by atoms with Gasteiger partial charge in [-0.1, -0.05) is 0 Å². The fraction of sp³-hybridized carbons (Fsp3) is 0.214. The molecule has 2 N–H and O–H groups in total. The van der Waals surface area contributed by atoms with Crippen molar-refractivity contribution < 1.29 is 24.2 Å². The second-order valence-electron chi connectivity index (χ2n) is 4.51. The van der Waals surface area contributed by atoms with Crippen LogP contribution in [0, 0.1) is 13.8 Å². The highest BCUT2D eigenvalue weighted by Gasteiger charge is 2.32. The maximum absolute atomic E-state index is 12.3. The van der Waals surface area contributed by atoms with Gasteiger partial charge >= 0.3 is 0 Å². The molecule has 0 atom stereocenters. The second kappa shape index (κ2) is 3.54. The Kier molecular flexibility index (Phi) is 2.17. The highest BCUT2D eigenvalue weighted by atomic mass is 16.5. The number of carbonyl (C=O) groups excluding carboxylic acids is 1. The number of ether oxygens (including phenoxy) is 1. The normalized spacial score (nSPS) is 13.8. The molecule has 1 aromatic carbocycles. The lowest BCUT2D eigenvalue weighted by Gasteiger charge is -2.15. The predicted molar refractivity (Wildman–Crippen MR) is 68.3 cm³/mol. The van der Waals surface area contributed by atoms with Crippen LogP contribution in [0.2, 0.25) is 0 Å². The summed E-state index contributed by atoms with van der Waals surface area (Å²) in [5, 5.41) is 21.1. The smallest absolute Gasteiger partial charge is 0.232 e. The summed E-state index contributed by atoms with van der Waals surface area (Å²) in [6.45, 7) is 3.24. The van der Waals surface area contributed by atoms with Crippen molar-refractivity contribution >= 4 is 22.6 Å². The fourth-order valence-corrected chi connectivity index (χ4v) is 2.49. The standard InChI is InChI=1S/C14H12O5/c1-5-12(15)9-6(2)19-7-4-8(18-3)14(17)11(10(7)9)13(5)16/h4,15-16H,1-3H3. The molecule has 1 heterocycles. The molecule has 3 rings (SSSR count). The number of methoxy groups -OCH3 is 1. The van der Waals surface area contributed by atoms with Crippen molar-refractivity contribution in [1.29, 1.82) is 0 Å². The second-order valence-corrected chi connectivity index (χ2v) is 4.51. The SMILES string of the molecule is COC1=Cc2oc(C)c3c(O)c(C)c(O)c(c23)C1=O. The number of aromatic hydroxyl groups is 2. The molecule has 1 aliphatic rings. The van der Waals surface area contributed by atoms with E-state index in [1.54, 1.807) is 13.8 Å². The molecule has 0 unspecified atom stereocenters. The average molecular weight is 260 g/mol. The van der Waals surface area contributed by atoms with Crippen molar-refractivity contribution in [3.05, 3.63) is 28.4 Å². The molecule has 0 saturated heterocycles. The summed E-state index contributed by atoms with van der Waals surface area (Å²) in [4.78, 5) is 12.3. The van der Waals surface area contributed by atoms with Crippen LogP contribution in [0.1, 0.15) is 27.4 Å². The molecule has 0 radical (unpaired) electrons. The number of allylic oxidation sites excluding steroid dienone is 1. The number of hydrogen-bond donors (Lipinski definition) is 2. The maximum Gasteiger partial charge on any atom is 0.232 e. The van der Waals surface area contributed by atoms with Crippen LogP contribution in [0.5, 0.6) is 11.5 Å². The van der Waals surface area contributed by atoms with Crippen LogP contribution in [-0.4, -0.2) is 23.1 Å². The van der Waals surface area contributed by atoms with Gasteiger partial charge in [-0.3, -0.25) is 4.79 Å². The Bertz CT molecular complexity index is 764. The molecule has 0 spiro atoms.